The zero-order valence-corrected chi connectivity index (χ0v) is 11.7. The second-order valence-corrected chi connectivity index (χ2v) is 7.21. The number of alkyl halides is 3. The number of aliphatic hydroxyl groups excluding tert-OH is 1. The number of hydrogen-bond donors (Lipinski definition) is 1. The Bertz CT molecular complexity index is 485. The standard InChI is InChI=1S/C10H14F3NO3S2/c1-14(7-9(15)10(11,12)13)19(16,17)6-4-8-3-2-5-18-8/h2-3,5,9,15H,4,6-7H2,1H3/t9-/m0/s1. The first kappa shape index (κ1) is 16.4. The number of halogens is 3. The number of aryl methyl sites for hydroxylation is 1. The molecule has 0 spiro atoms. The molecule has 1 N–H and O–H groups in total. The Morgan fingerprint density at radius 1 is 1.47 bits per heavy atom. The minimum atomic E-state index is -4.82. The fraction of sp³-hybridized carbons (Fsp3) is 0.600. The number of hydrogen-bond acceptors (Lipinski definition) is 4. The summed E-state index contributed by atoms with van der Waals surface area (Å²) in [6, 6.07) is 3.52. The fourth-order valence-corrected chi connectivity index (χ4v) is 3.30. The van der Waals surface area contributed by atoms with Crippen LogP contribution in [0.25, 0.3) is 0 Å². The van der Waals surface area contributed by atoms with Crippen molar-refractivity contribution in [3.63, 3.8) is 0 Å². The van der Waals surface area contributed by atoms with E-state index in [0.717, 1.165) is 11.9 Å². The molecule has 0 radical (unpaired) electrons. The molecule has 0 aromatic carbocycles. The molecule has 0 bridgehead atoms. The van der Waals surface area contributed by atoms with E-state index in [1.807, 2.05) is 0 Å². The van der Waals surface area contributed by atoms with Gasteiger partial charge in [0.1, 0.15) is 0 Å². The summed E-state index contributed by atoms with van der Waals surface area (Å²) in [5, 5.41) is 10.6. The van der Waals surface area contributed by atoms with Gasteiger partial charge in [-0.15, -0.1) is 11.3 Å². The monoisotopic (exact) mass is 317 g/mol. The summed E-state index contributed by atoms with van der Waals surface area (Å²) in [5.74, 6) is -0.283. The van der Waals surface area contributed by atoms with E-state index in [1.54, 1.807) is 17.5 Å². The molecule has 1 aromatic rings. The molecule has 110 valence electrons. The molecule has 1 aromatic heterocycles. The van der Waals surface area contributed by atoms with Gasteiger partial charge in [-0.2, -0.15) is 13.2 Å². The van der Waals surface area contributed by atoms with E-state index in [9.17, 15) is 21.6 Å². The van der Waals surface area contributed by atoms with Crippen molar-refractivity contribution < 1.29 is 26.7 Å². The van der Waals surface area contributed by atoms with Crippen LogP contribution in [0, 0.1) is 0 Å². The maximum Gasteiger partial charge on any atom is 0.415 e. The highest BCUT2D eigenvalue weighted by atomic mass is 32.2. The number of thiophene rings is 1. The molecule has 4 nitrogen and oxygen atoms in total. The van der Waals surface area contributed by atoms with Crippen LogP contribution in [0.1, 0.15) is 4.88 Å². The minimum Gasteiger partial charge on any atom is -0.382 e. The third-order valence-electron chi connectivity index (χ3n) is 2.47. The first-order valence-corrected chi connectivity index (χ1v) is 7.83. The zero-order chi connectivity index (χ0) is 14.7. The van der Waals surface area contributed by atoms with Crippen LogP contribution < -0.4 is 0 Å². The Morgan fingerprint density at radius 2 is 2.11 bits per heavy atom. The van der Waals surface area contributed by atoms with Crippen molar-refractivity contribution in [3.05, 3.63) is 22.4 Å². The van der Waals surface area contributed by atoms with Gasteiger partial charge in [-0.25, -0.2) is 12.7 Å². The molecule has 0 aliphatic heterocycles. The van der Waals surface area contributed by atoms with Gasteiger partial charge < -0.3 is 5.11 Å². The highest BCUT2D eigenvalue weighted by molar-refractivity contribution is 7.89. The topological polar surface area (TPSA) is 57.6 Å². The second-order valence-electron chi connectivity index (χ2n) is 3.98. The minimum absolute atomic E-state index is 0.243. The van der Waals surface area contributed by atoms with E-state index in [1.165, 1.54) is 11.3 Å². The van der Waals surface area contributed by atoms with Gasteiger partial charge in [0.15, 0.2) is 6.10 Å². The van der Waals surface area contributed by atoms with Crippen molar-refractivity contribution in [2.24, 2.45) is 0 Å². The van der Waals surface area contributed by atoms with Crippen LogP contribution in [-0.4, -0.2) is 49.5 Å². The van der Waals surface area contributed by atoms with Gasteiger partial charge in [0.05, 0.1) is 5.75 Å². The van der Waals surface area contributed by atoms with Gasteiger partial charge in [-0.3, -0.25) is 0 Å². The third kappa shape index (κ3) is 5.09. The summed E-state index contributed by atoms with van der Waals surface area (Å²) < 4.78 is 60.4. The lowest BCUT2D eigenvalue weighted by Crippen LogP contribution is -2.42. The number of nitrogens with zero attached hydrogens (tertiary/aromatic N) is 1. The third-order valence-corrected chi connectivity index (χ3v) is 5.22. The highest BCUT2D eigenvalue weighted by Crippen LogP contribution is 2.21. The largest absolute Gasteiger partial charge is 0.415 e. The second kappa shape index (κ2) is 6.21. The highest BCUT2D eigenvalue weighted by Gasteiger charge is 2.40. The van der Waals surface area contributed by atoms with Gasteiger partial charge >= 0.3 is 6.18 Å². The molecule has 0 amide bonds. The summed E-state index contributed by atoms with van der Waals surface area (Å²) in [6.07, 6.45) is -7.25. The Hall–Kier alpha value is -0.640. The number of likely N-dealkylation sites (N-methyl/N-ethyl adjacent to an activating group) is 1. The summed E-state index contributed by atoms with van der Waals surface area (Å²) in [5.41, 5.74) is 0. The molecule has 0 saturated carbocycles. The van der Waals surface area contributed by atoms with Crippen LogP contribution >= 0.6 is 11.3 Å². The summed E-state index contributed by atoms with van der Waals surface area (Å²) >= 11 is 1.38. The van der Waals surface area contributed by atoms with Crippen LogP contribution in [0.5, 0.6) is 0 Å². The zero-order valence-electron chi connectivity index (χ0n) is 10.1. The van der Waals surface area contributed by atoms with Crippen LogP contribution in [0.2, 0.25) is 0 Å². The van der Waals surface area contributed by atoms with Crippen molar-refractivity contribution in [2.45, 2.75) is 18.7 Å². The van der Waals surface area contributed by atoms with Gasteiger partial charge in [0, 0.05) is 18.5 Å². The predicted molar refractivity (Wildman–Crippen MR) is 66.5 cm³/mol. The molecule has 0 aliphatic rings. The molecule has 0 saturated heterocycles. The summed E-state index contributed by atoms with van der Waals surface area (Å²) in [4.78, 5) is 0.841. The van der Waals surface area contributed by atoms with Crippen LogP contribution in [-0.2, 0) is 16.4 Å². The molecule has 0 fully saturated rings. The number of sulfonamides is 1. The van der Waals surface area contributed by atoms with Crippen LogP contribution in [0.4, 0.5) is 13.2 Å². The lowest BCUT2D eigenvalue weighted by Gasteiger charge is -2.21. The van der Waals surface area contributed by atoms with Gasteiger partial charge in [0.2, 0.25) is 10.0 Å². The van der Waals surface area contributed by atoms with Crippen molar-refractivity contribution in [1.29, 1.82) is 0 Å². The first-order chi connectivity index (χ1) is 8.63. The maximum atomic E-state index is 12.1. The van der Waals surface area contributed by atoms with Crippen molar-refractivity contribution in [1.82, 2.24) is 4.31 Å². The molecule has 1 atom stereocenters. The Kier molecular flexibility index (Phi) is 5.36. The summed E-state index contributed by atoms with van der Waals surface area (Å²) in [7, 11) is -2.79. The lowest BCUT2D eigenvalue weighted by atomic mass is 10.3. The first-order valence-electron chi connectivity index (χ1n) is 5.34. The fourth-order valence-electron chi connectivity index (χ4n) is 1.30. The SMILES string of the molecule is CN(C[C@H](O)C(F)(F)F)S(=O)(=O)CCc1cccs1. The molecule has 1 rings (SSSR count). The van der Waals surface area contributed by atoms with Gasteiger partial charge in [0.25, 0.3) is 0 Å². The smallest absolute Gasteiger partial charge is 0.382 e. The molecule has 19 heavy (non-hydrogen) atoms. The molecule has 9 heteroatoms. The quantitative estimate of drug-likeness (QED) is 0.864. The predicted octanol–water partition coefficient (Wildman–Crippen LogP) is 1.48. The van der Waals surface area contributed by atoms with E-state index < -0.39 is 28.8 Å². The van der Waals surface area contributed by atoms with Crippen molar-refractivity contribution in [2.75, 3.05) is 19.3 Å². The summed E-state index contributed by atoms with van der Waals surface area (Å²) in [6.45, 7) is -0.990. The molecular weight excluding hydrogens is 303 g/mol. The van der Waals surface area contributed by atoms with Crippen molar-refractivity contribution >= 4 is 21.4 Å². The van der Waals surface area contributed by atoms with E-state index >= 15 is 0 Å². The molecular formula is C10H14F3NO3S2. The van der Waals surface area contributed by atoms with E-state index in [0.29, 0.717) is 4.31 Å². The Labute approximate surface area is 113 Å². The average molecular weight is 317 g/mol. The Morgan fingerprint density at radius 3 is 2.58 bits per heavy atom. The van der Waals surface area contributed by atoms with Gasteiger partial charge in [-0.05, 0) is 17.9 Å². The van der Waals surface area contributed by atoms with E-state index in [-0.39, 0.29) is 12.2 Å². The van der Waals surface area contributed by atoms with Crippen molar-refractivity contribution in [3.8, 4) is 0 Å². The number of rotatable bonds is 6. The average Bonchev–Trinajstić information content (AvgIpc) is 2.77. The Balaban J connectivity index is 2.57. The van der Waals surface area contributed by atoms with E-state index in [4.69, 9.17) is 5.11 Å². The number of aliphatic hydroxyl groups is 1. The molecule has 0 aliphatic carbocycles. The normalized spacial score (nSPS) is 14.8. The lowest BCUT2D eigenvalue weighted by molar-refractivity contribution is -0.204. The van der Waals surface area contributed by atoms with Gasteiger partial charge in [-0.1, -0.05) is 6.07 Å². The van der Waals surface area contributed by atoms with Crippen LogP contribution in [0.15, 0.2) is 17.5 Å². The molecule has 1 heterocycles. The molecule has 0 unspecified atom stereocenters. The van der Waals surface area contributed by atoms with E-state index in [2.05, 4.69) is 0 Å². The maximum absolute atomic E-state index is 12.1. The van der Waals surface area contributed by atoms with Crippen LogP contribution in [0.3, 0.4) is 0 Å².